The molecule has 3 aromatic rings. The van der Waals surface area contributed by atoms with Crippen molar-refractivity contribution in [2.24, 2.45) is 7.05 Å². The predicted octanol–water partition coefficient (Wildman–Crippen LogP) is 3.26. The van der Waals surface area contributed by atoms with Crippen LogP contribution in [0.3, 0.4) is 0 Å². The fourth-order valence-electron chi connectivity index (χ4n) is 2.44. The van der Waals surface area contributed by atoms with Crippen molar-refractivity contribution in [2.45, 2.75) is 0 Å². The number of anilines is 2. The number of ether oxygens (including phenoxy) is 1. The first kappa shape index (κ1) is 15.8. The Morgan fingerprint density at radius 1 is 1.25 bits per heavy atom. The monoisotopic (exact) mass is 337 g/mol. The fourth-order valence-corrected chi connectivity index (χ4v) is 2.66. The zero-order chi connectivity index (χ0) is 17.1. The Morgan fingerprint density at radius 3 is 2.79 bits per heavy atom. The number of hydrogen-bond acceptors (Lipinski definition) is 4. The molecule has 7 heteroatoms. The second-order valence-electron chi connectivity index (χ2n) is 5.11. The molecule has 1 aromatic heterocycles. The molecule has 0 radical (unpaired) electrons. The molecule has 0 unspecified atom stereocenters. The Labute approximate surface area is 144 Å². The third-order valence-electron chi connectivity index (χ3n) is 3.62. The van der Waals surface area contributed by atoms with Gasteiger partial charge in [0.05, 0.1) is 41.8 Å². The number of aromatic nitrogens is 2. The molecule has 0 aliphatic heterocycles. The molecule has 0 aliphatic rings. The van der Waals surface area contributed by atoms with Crippen LogP contribution in [0.15, 0.2) is 42.6 Å². The van der Waals surface area contributed by atoms with E-state index in [4.69, 9.17) is 22.2 Å². The lowest BCUT2D eigenvalue weighted by atomic mass is 10.2. The molecule has 0 spiro atoms. The van der Waals surface area contributed by atoms with E-state index in [9.17, 15) is 0 Å². The van der Waals surface area contributed by atoms with E-state index < -0.39 is 0 Å². The number of rotatable bonds is 3. The van der Waals surface area contributed by atoms with Crippen molar-refractivity contribution in [3.63, 3.8) is 0 Å². The van der Waals surface area contributed by atoms with E-state index in [2.05, 4.69) is 21.8 Å². The minimum absolute atomic E-state index is 0.403. The average Bonchev–Trinajstić information content (AvgIpc) is 2.97. The van der Waals surface area contributed by atoms with Crippen molar-refractivity contribution >= 4 is 39.6 Å². The Morgan fingerprint density at radius 2 is 2.04 bits per heavy atom. The van der Waals surface area contributed by atoms with Crippen molar-refractivity contribution < 1.29 is 4.74 Å². The number of nitriles is 1. The minimum atomic E-state index is 0.403. The van der Waals surface area contributed by atoms with Gasteiger partial charge in [0.25, 0.3) is 0 Å². The number of aryl methyl sites for hydroxylation is 1. The highest BCUT2D eigenvalue weighted by Gasteiger charge is 2.09. The Hall–Kier alpha value is -3.11. The quantitative estimate of drug-likeness (QED) is 0.715. The van der Waals surface area contributed by atoms with Crippen molar-refractivity contribution in [3.05, 3.63) is 48.2 Å². The number of nitrogens with one attached hydrogen (secondary N) is 2. The van der Waals surface area contributed by atoms with Crippen LogP contribution in [-0.4, -0.2) is 22.0 Å². The summed E-state index contributed by atoms with van der Waals surface area (Å²) in [7, 11) is 3.46. The van der Waals surface area contributed by atoms with Crippen LogP contribution in [0.2, 0.25) is 0 Å². The van der Waals surface area contributed by atoms with Gasteiger partial charge in [0, 0.05) is 12.4 Å². The van der Waals surface area contributed by atoms with Gasteiger partial charge in [0.2, 0.25) is 0 Å². The van der Waals surface area contributed by atoms with Gasteiger partial charge in [-0.15, -0.1) is 0 Å². The molecule has 0 saturated carbocycles. The van der Waals surface area contributed by atoms with E-state index in [1.54, 1.807) is 36.2 Å². The molecule has 2 N–H and O–H groups in total. The van der Waals surface area contributed by atoms with Crippen LogP contribution in [0.4, 0.5) is 11.4 Å². The summed E-state index contributed by atoms with van der Waals surface area (Å²) in [5.41, 5.74) is 3.02. The molecule has 2 aromatic carbocycles. The first-order valence-corrected chi connectivity index (χ1v) is 7.60. The van der Waals surface area contributed by atoms with Crippen molar-refractivity contribution in [3.8, 4) is 11.8 Å². The number of hydrogen-bond donors (Lipinski definition) is 2. The number of thiocarbonyl (C=S) groups is 1. The number of nitrogens with zero attached hydrogens (tertiary/aromatic N) is 3. The molecule has 0 aliphatic carbocycles. The van der Waals surface area contributed by atoms with Gasteiger partial charge in [0.1, 0.15) is 5.75 Å². The Balaban J connectivity index is 1.84. The molecule has 0 saturated heterocycles. The van der Waals surface area contributed by atoms with Gasteiger partial charge < -0.3 is 15.4 Å². The highest BCUT2D eigenvalue weighted by molar-refractivity contribution is 7.80. The fraction of sp³-hybridized carbons (Fsp3) is 0.118. The molecule has 1 heterocycles. The lowest BCUT2D eigenvalue weighted by molar-refractivity contribution is 0.417. The number of fused-ring (bicyclic) bond motifs is 1. The maximum Gasteiger partial charge on any atom is 0.175 e. The normalized spacial score (nSPS) is 10.2. The van der Waals surface area contributed by atoms with Gasteiger partial charge in [-0.05, 0) is 42.5 Å². The van der Waals surface area contributed by atoms with Gasteiger partial charge in [-0.2, -0.15) is 10.4 Å². The van der Waals surface area contributed by atoms with E-state index >= 15 is 0 Å². The molecule has 0 amide bonds. The van der Waals surface area contributed by atoms with Crippen molar-refractivity contribution in [2.75, 3.05) is 17.7 Å². The summed E-state index contributed by atoms with van der Waals surface area (Å²) < 4.78 is 7.10. The lowest BCUT2D eigenvalue weighted by Crippen LogP contribution is -2.19. The SMILES string of the molecule is COc1ccc(C#N)cc1NC(=S)Nc1cccc2c1cnn2C. The van der Waals surface area contributed by atoms with Crippen LogP contribution < -0.4 is 15.4 Å². The topological polar surface area (TPSA) is 74.9 Å². The first-order valence-electron chi connectivity index (χ1n) is 7.19. The Bertz CT molecular complexity index is 957. The number of methoxy groups -OCH3 is 1. The second kappa shape index (κ2) is 6.56. The third kappa shape index (κ3) is 3.00. The molecular formula is C17H15N5OS. The van der Waals surface area contributed by atoms with Crippen molar-refractivity contribution in [1.29, 1.82) is 5.26 Å². The van der Waals surface area contributed by atoms with Gasteiger partial charge in [-0.1, -0.05) is 6.07 Å². The van der Waals surface area contributed by atoms with Gasteiger partial charge in [-0.25, -0.2) is 0 Å². The first-order chi connectivity index (χ1) is 11.6. The van der Waals surface area contributed by atoms with Gasteiger partial charge in [0.15, 0.2) is 5.11 Å². The average molecular weight is 337 g/mol. The molecule has 0 bridgehead atoms. The molecule has 0 atom stereocenters. The maximum atomic E-state index is 9.04. The molecule has 120 valence electrons. The smallest absolute Gasteiger partial charge is 0.175 e. The van der Waals surface area contributed by atoms with Gasteiger partial charge in [-0.3, -0.25) is 4.68 Å². The van der Waals surface area contributed by atoms with E-state index in [1.165, 1.54) is 0 Å². The summed E-state index contributed by atoms with van der Waals surface area (Å²) in [5, 5.41) is 20.9. The summed E-state index contributed by atoms with van der Waals surface area (Å²) in [4.78, 5) is 0. The van der Waals surface area contributed by atoms with Crippen LogP contribution in [0, 0.1) is 11.3 Å². The van der Waals surface area contributed by atoms with E-state index in [0.29, 0.717) is 22.1 Å². The largest absolute Gasteiger partial charge is 0.495 e. The van der Waals surface area contributed by atoms with Gasteiger partial charge >= 0.3 is 0 Å². The summed E-state index contributed by atoms with van der Waals surface area (Å²) in [6.07, 6.45) is 1.79. The number of benzene rings is 2. The zero-order valence-corrected chi connectivity index (χ0v) is 14.0. The summed E-state index contributed by atoms with van der Waals surface area (Å²) in [6.45, 7) is 0. The predicted molar refractivity (Wildman–Crippen MR) is 98.3 cm³/mol. The molecule has 24 heavy (non-hydrogen) atoms. The minimum Gasteiger partial charge on any atom is -0.495 e. The molecule has 0 fully saturated rings. The summed E-state index contributed by atoms with van der Waals surface area (Å²) in [5.74, 6) is 0.609. The summed E-state index contributed by atoms with van der Waals surface area (Å²) in [6, 6.07) is 13.1. The van der Waals surface area contributed by atoms with Crippen molar-refractivity contribution in [1.82, 2.24) is 9.78 Å². The highest BCUT2D eigenvalue weighted by atomic mass is 32.1. The third-order valence-corrected chi connectivity index (χ3v) is 3.82. The van der Waals surface area contributed by atoms with Crippen LogP contribution in [-0.2, 0) is 7.05 Å². The lowest BCUT2D eigenvalue weighted by Gasteiger charge is -2.14. The van der Waals surface area contributed by atoms with E-state index in [1.807, 2.05) is 25.2 Å². The molecule has 6 nitrogen and oxygen atoms in total. The van der Waals surface area contributed by atoms with Crippen LogP contribution in [0.1, 0.15) is 5.56 Å². The maximum absolute atomic E-state index is 9.04. The summed E-state index contributed by atoms with van der Waals surface area (Å²) >= 11 is 5.39. The van der Waals surface area contributed by atoms with E-state index in [-0.39, 0.29) is 0 Å². The van der Waals surface area contributed by atoms with Crippen LogP contribution in [0.25, 0.3) is 10.9 Å². The zero-order valence-electron chi connectivity index (χ0n) is 13.2. The second-order valence-corrected chi connectivity index (χ2v) is 5.52. The van der Waals surface area contributed by atoms with Crippen LogP contribution >= 0.6 is 12.2 Å². The molecular weight excluding hydrogens is 322 g/mol. The Kier molecular flexibility index (Phi) is 4.31. The standard InChI is InChI=1S/C17H15N5OS/c1-22-15-5-3-4-13(12(15)10-19-22)20-17(24)21-14-8-11(9-18)6-7-16(14)23-2/h3-8,10H,1-2H3,(H2,20,21,24). The van der Waals surface area contributed by atoms with E-state index in [0.717, 1.165) is 16.6 Å². The highest BCUT2D eigenvalue weighted by Crippen LogP contribution is 2.26. The molecule has 3 rings (SSSR count). The van der Waals surface area contributed by atoms with Crippen LogP contribution in [0.5, 0.6) is 5.75 Å².